The molecule has 0 unspecified atom stereocenters. The van der Waals surface area contributed by atoms with Crippen molar-refractivity contribution < 1.29 is 22.7 Å². The van der Waals surface area contributed by atoms with E-state index in [9.17, 15) is 13.2 Å². The topological polar surface area (TPSA) is 93.7 Å². The van der Waals surface area contributed by atoms with Gasteiger partial charge in [-0.05, 0) is 57.1 Å². The third-order valence-corrected chi connectivity index (χ3v) is 5.54. The van der Waals surface area contributed by atoms with E-state index in [0.717, 1.165) is 0 Å². The fraction of sp³-hybridized carbons (Fsp3) is 0.350. The number of nitrogens with one attached hydrogen (secondary N) is 2. The molecule has 2 aromatic carbocycles. The second-order valence-corrected chi connectivity index (χ2v) is 7.92. The van der Waals surface area contributed by atoms with E-state index in [1.54, 1.807) is 19.1 Å². The number of rotatable bonds is 10. The predicted molar refractivity (Wildman–Crippen MR) is 108 cm³/mol. The molecule has 0 saturated heterocycles. The van der Waals surface area contributed by atoms with Crippen LogP contribution in [0, 0.1) is 6.92 Å². The highest BCUT2D eigenvalue weighted by atomic mass is 32.2. The van der Waals surface area contributed by atoms with Crippen LogP contribution in [0.25, 0.3) is 0 Å². The summed E-state index contributed by atoms with van der Waals surface area (Å²) >= 11 is 0. The average molecular weight is 407 g/mol. The molecular weight excluding hydrogens is 380 g/mol. The monoisotopic (exact) mass is 406 g/mol. The van der Waals surface area contributed by atoms with Gasteiger partial charge < -0.3 is 14.8 Å². The van der Waals surface area contributed by atoms with E-state index in [2.05, 4.69) is 10.0 Å². The van der Waals surface area contributed by atoms with Crippen molar-refractivity contribution in [1.82, 2.24) is 4.72 Å². The van der Waals surface area contributed by atoms with Crippen LogP contribution in [0.4, 0.5) is 5.69 Å². The van der Waals surface area contributed by atoms with E-state index >= 15 is 0 Å². The normalized spacial score (nSPS) is 11.1. The van der Waals surface area contributed by atoms with E-state index in [1.807, 2.05) is 31.2 Å². The van der Waals surface area contributed by atoms with E-state index in [4.69, 9.17) is 9.47 Å². The summed E-state index contributed by atoms with van der Waals surface area (Å²) in [4.78, 5) is 12.3. The highest BCUT2D eigenvalue weighted by Crippen LogP contribution is 2.26. The number of hydrogen-bond acceptors (Lipinski definition) is 5. The number of ether oxygens (including phenoxy) is 2. The van der Waals surface area contributed by atoms with Crippen LogP contribution in [-0.4, -0.2) is 34.6 Å². The third kappa shape index (κ3) is 5.97. The van der Waals surface area contributed by atoms with Crippen molar-refractivity contribution in [2.24, 2.45) is 0 Å². The average Bonchev–Trinajstić information content (AvgIpc) is 2.68. The van der Waals surface area contributed by atoms with Gasteiger partial charge in [0.2, 0.25) is 15.9 Å². The minimum absolute atomic E-state index is 0.142. The molecule has 28 heavy (non-hydrogen) atoms. The van der Waals surface area contributed by atoms with Crippen LogP contribution in [0.1, 0.15) is 25.3 Å². The van der Waals surface area contributed by atoms with Crippen molar-refractivity contribution in [3.05, 3.63) is 48.0 Å². The Kier molecular flexibility index (Phi) is 7.83. The summed E-state index contributed by atoms with van der Waals surface area (Å²) < 4.78 is 37.5. The number of aryl methyl sites for hydroxylation is 1. The van der Waals surface area contributed by atoms with Gasteiger partial charge in [0.15, 0.2) is 11.5 Å². The molecule has 8 heteroatoms. The zero-order valence-corrected chi connectivity index (χ0v) is 17.1. The summed E-state index contributed by atoms with van der Waals surface area (Å²) in [6.07, 6.45) is 0.763. The summed E-state index contributed by atoms with van der Waals surface area (Å²) in [6, 6.07) is 12.2. The first-order chi connectivity index (χ1) is 13.4. The van der Waals surface area contributed by atoms with Gasteiger partial charge in [-0.15, -0.1) is 0 Å². The molecular formula is C20H26N2O5S. The SMILES string of the molecule is CCOc1ccccc1OCCCC(=O)Nc1ccc(C)c(S(=O)(=O)NC)c1. The smallest absolute Gasteiger partial charge is 0.240 e. The molecule has 2 N–H and O–H groups in total. The standard InChI is InChI=1S/C20H26N2O5S/c1-4-26-17-8-5-6-9-18(17)27-13-7-10-20(23)22-16-12-11-15(2)19(14-16)28(24,25)21-3/h5-6,8-9,11-12,14,21H,4,7,10,13H2,1-3H3,(H,22,23). The van der Waals surface area contributed by atoms with Crippen LogP contribution < -0.4 is 19.5 Å². The molecule has 0 fully saturated rings. The summed E-state index contributed by atoms with van der Waals surface area (Å²) in [6.45, 7) is 4.52. The lowest BCUT2D eigenvalue weighted by molar-refractivity contribution is -0.116. The fourth-order valence-electron chi connectivity index (χ4n) is 2.56. The summed E-state index contributed by atoms with van der Waals surface area (Å²) in [7, 11) is -2.23. The molecule has 0 aromatic heterocycles. The molecule has 0 spiro atoms. The maximum atomic E-state index is 12.2. The summed E-state index contributed by atoms with van der Waals surface area (Å²) in [5, 5.41) is 2.72. The number of benzene rings is 2. The molecule has 0 radical (unpaired) electrons. The Labute approximate surface area is 166 Å². The molecule has 0 saturated carbocycles. The van der Waals surface area contributed by atoms with Gasteiger partial charge in [0.05, 0.1) is 18.1 Å². The Bertz CT molecular complexity index is 913. The van der Waals surface area contributed by atoms with Crippen molar-refractivity contribution >= 4 is 21.6 Å². The van der Waals surface area contributed by atoms with Crippen LogP contribution >= 0.6 is 0 Å². The summed E-state index contributed by atoms with van der Waals surface area (Å²) in [5.74, 6) is 1.11. The second-order valence-electron chi connectivity index (χ2n) is 6.07. The first-order valence-electron chi connectivity index (χ1n) is 9.06. The van der Waals surface area contributed by atoms with Gasteiger partial charge in [-0.2, -0.15) is 0 Å². The Morgan fingerprint density at radius 2 is 1.75 bits per heavy atom. The lowest BCUT2D eigenvalue weighted by Gasteiger charge is -2.12. The highest BCUT2D eigenvalue weighted by Gasteiger charge is 2.15. The van der Waals surface area contributed by atoms with Crippen molar-refractivity contribution in [1.29, 1.82) is 0 Å². The maximum absolute atomic E-state index is 12.2. The number of sulfonamides is 1. The van der Waals surface area contributed by atoms with E-state index in [0.29, 0.717) is 42.4 Å². The van der Waals surface area contributed by atoms with Gasteiger partial charge in [0, 0.05) is 12.1 Å². The maximum Gasteiger partial charge on any atom is 0.240 e. The van der Waals surface area contributed by atoms with Crippen molar-refractivity contribution in [2.75, 3.05) is 25.6 Å². The molecule has 7 nitrogen and oxygen atoms in total. The number of anilines is 1. The Morgan fingerprint density at radius 1 is 1.07 bits per heavy atom. The number of para-hydroxylation sites is 2. The lowest BCUT2D eigenvalue weighted by Crippen LogP contribution is -2.20. The largest absolute Gasteiger partial charge is 0.490 e. The van der Waals surface area contributed by atoms with E-state index in [-0.39, 0.29) is 17.2 Å². The number of hydrogen-bond donors (Lipinski definition) is 2. The fourth-order valence-corrected chi connectivity index (χ4v) is 3.55. The third-order valence-electron chi connectivity index (χ3n) is 3.98. The van der Waals surface area contributed by atoms with Gasteiger partial charge in [0.1, 0.15) is 0 Å². The summed E-state index contributed by atoms with van der Waals surface area (Å²) in [5.41, 5.74) is 1.04. The number of carbonyl (C=O) groups is 1. The minimum atomic E-state index is -3.58. The van der Waals surface area contributed by atoms with Crippen molar-refractivity contribution in [3.8, 4) is 11.5 Å². The van der Waals surface area contributed by atoms with Crippen molar-refractivity contribution in [2.45, 2.75) is 31.6 Å². The van der Waals surface area contributed by atoms with Crippen LogP contribution in [0.3, 0.4) is 0 Å². The lowest BCUT2D eigenvalue weighted by atomic mass is 10.2. The van der Waals surface area contributed by atoms with E-state index in [1.165, 1.54) is 13.1 Å². The van der Waals surface area contributed by atoms with Gasteiger partial charge in [-0.1, -0.05) is 18.2 Å². The molecule has 152 valence electrons. The van der Waals surface area contributed by atoms with Crippen LogP contribution in [0.15, 0.2) is 47.4 Å². The second kappa shape index (κ2) is 10.1. The first-order valence-corrected chi connectivity index (χ1v) is 10.5. The van der Waals surface area contributed by atoms with Gasteiger partial charge in [-0.25, -0.2) is 13.1 Å². The van der Waals surface area contributed by atoms with Crippen LogP contribution in [-0.2, 0) is 14.8 Å². The molecule has 1 amide bonds. The quantitative estimate of drug-likeness (QED) is 0.592. The van der Waals surface area contributed by atoms with Crippen molar-refractivity contribution in [3.63, 3.8) is 0 Å². The van der Waals surface area contributed by atoms with Crippen LogP contribution in [0.5, 0.6) is 11.5 Å². The minimum Gasteiger partial charge on any atom is -0.490 e. The molecule has 0 aliphatic rings. The van der Waals surface area contributed by atoms with Gasteiger partial charge in [0.25, 0.3) is 0 Å². The molecule has 2 rings (SSSR count). The Balaban J connectivity index is 1.88. The first kappa shape index (κ1) is 21.7. The molecule has 2 aromatic rings. The molecule has 0 atom stereocenters. The van der Waals surface area contributed by atoms with Gasteiger partial charge >= 0.3 is 0 Å². The highest BCUT2D eigenvalue weighted by molar-refractivity contribution is 7.89. The zero-order valence-electron chi connectivity index (χ0n) is 16.3. The predicted octanol–water partition coefficient (Wildman–Crippen LogP) is 3.10. The molecule has 0 aliphatic carbocycles. The van der Waals surface area contributed by atoms with Gasteiger partial charge in [-0.3, -0.25) is 4.79 Å². The number of carbonyl (C=O) groups excluding carboxylic acids is 1. The molecule has 0 aliphatic heterocycles. The number of amides is 1. The van der Waals surface area contributed by atoms with E-state index < -0.39 is 10.0 Å². The molecule has 0 heterocycles. The molecule has 0 bridgehead atoms. The van der Waals surface area contributed by atoms with Crippen LogP contribution in [0.2, 0.25) is 0 Å². The zero-order chi connectivity index (χ0) is 20.6. The Hall–Kier alpha value is -2.58. The Morgan fingerprint density at radius 3 is 2.39 bits per heavy atom.